The van der Waals surface area contributed by atoms with Crippen LogP contribution in [0.3, 0.4) is 0 Å². The number of rotatable bonds is 3. The van der Waals surface area contributed by atoms with Crippen LogP contribution >= 0.6 is 0 Å². The molecule has 0 radical (unpaired) electrons. The van der Waals surface area contributed by atoms with Crippen LogP contribution in [0, 0.1) is 0 Å². The first-order valence-electron chi connectivity index (χ1n) is 7.41. The van der Waals surface area contributed by atoms with Crippen LogP contribution < -0.4 is 5.32 Å². The Hall–Kier alpha value is -2.48. The Morgan fingerprint density at radius 3 is 2.54 bits per heavy atom. The van der Waals surface area contributed by atoms with Gasteiger partial charge in [-0.2, -0.15) is 5.10 Å². The maximum absolute atomic E-state index is 11.8. The monoisotopic (exact) mass is 345 g/mol. The van der Waals surface area contributed by atoms with Gasteiger partial charge in [-0.1, -0.05) is 0 Å². The molecule has 0 bridgehead atoms. The minimum atomic E-state index is -3.30. The van der Waals surface area contributed by atoms with Gasteiger partial charge in [-0.15, -0.1) is 0 Å². The normalized spacial score (nSPS) is 12.5. The minimum absolute atomic E-state index is 0.128. The van der Waals surface area contributed by atoms with Crippen molar-refractivity contribution < 1.29 is 8.42 Å². The number of nitrogens with one attached hydrogen (secondary N) is 1. The van der Waals surface area contributed by atoms with E-state index in [1.54, 1.807) is 24.4 Å². The Labute approximate surface area is 140 Å². The molecular formula is C16H19N5O2S. The number of benzene rings is 1. The van der Waals surface area contributed by atoms with Gasteiger partial charge in [0, 0.05) is 17.8 Å². The van der Waals surface area contributed by atoms with Gasteiger partial charge < -0.3 is 5.32 Å². The maximum atomic E-state index is 11.8. The lowest BCUT2D eigenvalue weighted by molar-refractivity contribution is 0.355. The zero-order valence-corrected chi connectivity index (χ0v) is 14.8. The third-order valence-corrected chi connectivity index (χ3v) is 4.68. The summed E-state index contributed by atoms with van der Waals surface area (Å²) >= 11 is 0. The Kier molecular flexibility index (Phi) is 3.79. The molecule has 0 atom stereocenters. The van der Waals surface area contributed by atoms with E-state index in [0.717, 1.165) is 5.69 Å². The van der Waals surface area contributed by atoms with Crippen molar-refractivity contribution in [3.63, 3.8) is 0 Å². The van der Waals surface area contributed by atoms with Crippen LogP contribution in [-0.4, -0.2) is 34.4 Å². The summed E-state index contributed by atoms with van der Waals surface area (Å²) in [5.41, 5.74) is 1.31. The standard InChI is InChI=1S/C16H19N5O2S/c1-16(2,3)21-9-11(8-19-21)20-15-13-7-12(24(4,22)23)5-6-14(13)17-10-18-15/h5-10H,1-4H3,(H,17,18,20). The van der Waals surface area contributed by atoms with E-state index in [-0.39, 0.29) is 10.4 Å². The van der Waals surface area contributed by atoms with Gasteiger partial charge in [0.15, 0.2) is 9.84 Å². The second kappa shape index (κ2) is 5.55. The molecule has 8 heteroatoms. The molecule has 7 nitrogen and oxygen atoms in total. The number of fused-ring (bicyclic) bond motifs is 1. The summed E-state index contributed by atoms with van der Waals surface area (Å²) in [7, 11) is -3.30. The van der Waals surface area contributed by atoms with Crippen LogP contribution in [0.2, 0.25) is 0 Å². The van der Waals surface area contributed by atoms with Crippen molar-refractivity contribution in [3.05, 3.63) is 36.9 Å². The molecule has 126 valence electrons. The summed E-state index contributed by atoms with van der Waals surface area (Å²) in [5.74, 6) is 0.541. The Morgan fingerprint density at radius 1 is 1.17 bits per heavy atom. The Morgan fingerprint density at radius 2 is 1.92 bits per heavy atom. The second-order valence-corrected chi connectivity index (χ2v) is 8.66. The second-order valence-electron chi connectivity index (χ2n) is 6.64. The highest BCUT2D eigenvalue weighted by Crippen LogP contribution is 2.26. The van der Waals surface area contributed by atoms with E-state index in [1.165, 1.54) is 12.6 Å². The summed E-state index contributed by atoms with van der Waals surface area (Å²) in [6, 6.07) is 4.81. The van der Waals surface area contributed by atoms with E-state index in [1.807, 2.05) is 10.9 Å². The third-order valence-electron chi connectivity index (χ3n) is 3.57. The number of hydrogen-bond donors (Lipinski definition) is 1. The molecule has 0 saturated carbocycles. The highest BCUT2D eigenvalue weighted by atomic mass is 32.2. The van der Waals surface area contributed by atoms with Crippen LogP contribution in [-0.2, 0) is 15.4 Å². The van der Waals surface area contributed by atoms with Crippen molar-refractivity contribution in [3.8, 4) is 0 Å². The van der Waals surface area contributed by atoms with E-state index in [0.29, 0.717) is 16.7 Å². The van der Waals surface area contributed by atoms with Crippen molar-refractivity contribution in [2.45, 2.75) is 31.2 Å². The maximum Gasteiger partial charge on any atom is 0.175 e. The van der Waals surface area contributed by atoms with Gasteiger partial charge in [0.05, 0.1) is 27.8 Å². The van der Waals surface area contributed by atoms with Gasteiger partial charge in [0.2, 0.25) is 0 Å². The molecule has 0 aliphatic rings. The number of anilines is 2. The summed E-state index contributed by atoms with van der Waals surface area (Å²) in [6.45, 7) is 6.17. The fourth-order valence-electron chi connectivity index (χ4n) is 2.26. The van der Waals surface area contributed by atoms with Gasteiger partial charge in [0.25, 0.3) is 0 Å². The fraction of sp³-hybridized carbons (Fsp3) is 0.312. The first-order chi connectivity index (χ1) is 11.1. The van der Waals surface area contributed by atoms with Crippen LogP contribution in [0.15, 0.2) is 41.8 Å². The Bertz CT molecular complexity index is 1000. The van der Waals surface area contributed by atoms with Crippen molar-refractivity contribution in [2.24, 2.45) is 0 Å². The predicted octanol–water partition coefficient (Wildman–Crippen LogP) is 2.73. The number of nitrogens with zero attached hydrogens (tertiary/aromatic N) is 4. The van der Waals surface area contributed by atoms with Crippen LogP contribution in [0.5, 0.6) is 0 Å². The molecule has 0 unspecified atom stereocenters. The smallest absolute Gasteiger partial charge is 0.175 e. The predicted molar refractivity (Wildman–Crippen MR) is 93.2 cm³/mol. The highest BCUT2D eigenvalue weighted by molar-refractivity contribution is 7.90. The average molecular weight is 345 g/mol. The number of aromatic nitrogens is 4. The van der Waals surface area contributed by atoms with Gasteiger partial charge in [-0.3, -0.25) is 4.68 Å². The first-order valence-corrected chi connectivity index (χ1v) is 9.31. The van der Waals surface area contributed by atoms with E-state index in [2.05, 4.69) is 41.2 Å². The molecule has 0 spiro atoms. The number of hydrogen-bond acceptors (Lipinski definition) is 6. The molecule has 24 heavy (non-hydrogen) atoms. The lowest BCUT2D eigenvalue weighted by Gasteiger charge is -2.18. The van der Waals surface area contributed by atoms with Crippen molar-refractivity contribution in [2.75, 3.05) is 11.6 Å². The molecule has 0 saturated heterocycles. The molecule has 2 aromatic heterocycles. The Balaban J connectivity index is 2.04. The first kappa shape index (κ1) is 16.4. The van der Waals surface area contributed by atoms with Gasteiger partial charge in [-0.05, 0) is 39.0 Å². The molecule has 1 N–H and O–H groups in total. The molecule has 3 aromatic rings. The minimum Gasteiger partial charge on any atom is -0.337 e. The van der Waals surface area contributed by atoms with Gasteiger partial charge in [-0.25, -0.2) is 18.4 Å². The largest absolute Gasteiger partial charge is 0.337 e. The molecule has 1 aromatic carbocycles. The van der Waals surface area contributed by atoms with E-state index in [9.17, 15) is 8.42 Å². The summed E-state index contributed by atoms with van der Waals surface area (Å²) in [5, 5.41) is 8.17. The summed E-state index contributed by atoms with van der Waals surface area (Å²) in [6.07, 6.45) is 6.21. The zero-order valence-electron chi connectivity index (χ0n) is 14.0. The summed E-state index contributed by atoms with van der Waals surface area (Å²) < 4.78 is 25.4. The average Bonchev–Trinajstić information content (AvgIpc) is 2.95. The van der Waals surface area contributed by atoms with Crippen LogP contribution in [0.4, 0.5) is 11.5 Å². The third kappa shape index (κ3) is 3.23. The van der Waals surface area contributed by atoms with Crippen molar-refractivity contribution in [1.82, 2.24) is 19.7 Å². The van der Waals surface area contributed by atoms with E-state index in [4.69, 9.17) is 0 Å². The number of sulfone groups is 1. The molecule has 0 aliphatic carbocycles. The highest BCUT2D eigenvalue weighted by Gasteiger charge is 2.15. The molecule has 0 aliphatic heterocycles. The summed E-state index contributed by atoms with van der Waals surface area (Å²) in [4.78, 5) is 8.66. The topological polar surface area (TPSA) is 89.8 Å². The van der Waals surface area contributed by atoms with Crippen molar-refractivity contribution >= 4 is 32.2 Å². The van der Waals surface area contributed by atoms with Crippen molar-refractivity contribution in [1.29, 1.82) is 0 Å². The van der Waals surface area contributed by atoms with Gasteiger partial charge >= 0.3 is 0 Å². The SMILES string of the molecule is CC(C)(C)n1cc(Nc2ncnc3ccc(S(C)(=O)=O)cc23)cn1. The molecular weight excluding hydrogens is 326 g/mol. The molecule has 2 heterocycles. The fourth-order valence-corrected chi connectivity index (χ4v) is 2.90. The lowest BCUT2D eigenvalue weighted by atomic mass is 10.1. The molecule has 3 rings (SSSR count). The molecule has 0 fully saturated rings. The van der Waals surface area contributed by atoms with Crippen LogP contribution in [0.1, 0.15) is 20.8 Å². The van der Waals surface area contributed by atoms with Crippen LogP contribution in [0.25, 0.3) is 10.9 Å². The van der Waals surface area contributed by atoms with E-state index >= 15 is 0 Å². The lowest BCUT2D eigenvalue weighted by Crippen LogP contribution is -2.21. The van der Waals surface area contributed by atoms with Gasteiger partial charge in [0.1, 0.15) is 12.1 Å². The zero-order chi connectivity index (χ0) is 17.5. The molecule has 0 amide bonds. The van der Waals surface area contributed by atoms with E-state index < -0.39 is 9.84 Å². The quantitative estimate of drug-likeness (QED) is 0.785.